The molecule has 0 radical (unpaired) electrons. The van der Waals surface area contributed by atoms with Gasteiger partial charge in [0.2, 0.25) is 0 Å². The minimum absolute atomic E-state index is 1.21. The Balaban J connectivity index is 1.26. The quantitative estimate of drug-likeness (QED) is 0.134. The standard InChI is InChI=1S/C50H32/c1-2-16-34(17-3-1)48-39-22-7-4-15-33(39)29-30-40(48)35-19-14-20-37(31-35)49-43-25-10-12-27-45(43)50(46-28-13-11-26-44(46)49)47-32-36-18-5-6-21-38(36)41-23-8-9-24-42(41)47/h1-32H. The van der Waals surface area contributed by atoms with E-state index in [0.717, 1.165) is 0 Å². The molecule has 0 saturated carbocycles. The molecule has 0 fully saturated rings. The van der Waals surface area contributed by atoms with Gasteiger partial charge in [-0.05, 0) is 111 Å². The Morgan fingerprint density at radius 2 is 0.700 bits per heavy atom. The topological polar surface area (TPSA) is 0 Å². The normalized spacial score (nSPS) is 11.6. The smallest absolute Gasteiger partial charge is 0.00199 e. The molecule has 0 nitrogen and oxygen atoms in total. The maximum Gasteiger partial charge on any atom is -0.00199 e. The van der Waals surface area contributed by atoms with E-state index in [0.29, 0.717) is 0 Å². The lowest BCUT2D eigenvalue weighted by Gasteiger charge is -2.20. The van der Waals surface area contributed by atoms with Crippen LogP contribution in [0.4, 0.5) is 0 Å². The van der Waals surface area contributed by atoms with Crippen LogP contribution in [-0.2, 0) is 0 Å². The molecule has 0 heterocycles. The summed E-state index contributed by atoms with van der Waals surface area (Å²) >= 11 is 0. The summed E-state index contributed by atoms with van der Waals surface area (Å²) in [5.41, 5.74) is 10.0. The van der Waals surface area contributed by atoms with Crippen molar-refractivity contribution in [2.75, 3.05) is 0 Å². The Kier molecular flexibility index (Phi) is 6.60. The van der Waals surface area contributed by atoms with Gasteiger partial charge >= 0.3 is 0 Å². The number of rotatable bonds is 4. The zero-order valence-corrected chi connectivity index (χ0v) is 27.5. The van der Waals surface area contributed by atoms with Crippen molar-refractivity contribution in [3.8, 4) is 44.5 Å². The van der Waals surface area contributed by atoms with Gasteiger partial charge < -0.3 is 0 Å². The van der Waals surface area contributed by atoms with E-state index in [1.54, 1.807) is 0 Å². The van der Waals surface area contributed by atoms with Gasteiger partial charge in [0.15, 0.2) is 0 Å². The van der Waals surface area contributed by atoms with E-state index in [9.17, 15) is 0 Å². The first-order valence-corrected chi connectivity index (χ1v) is 17.4. The molecule has 0 N–H and O–H groups in total. The van der Waals surface area contributed by atoms with Gasteiger partial charge in [0.05, 0.1) is 0 Å². The predicted octanol–water partition coefficient (Wildman–Crippen LogP) is 14.1. The summed E-state index contributed by atoms with van der Waals surface area (Å²) in [5, 5.41) is 12.7. The van der Waals surface area contributed by atoms with Crippen molar-refractivity contribution in [3.05, 3.63) is 194 Å². The number of hydrogen-bond acceptors (Lipinski definition) is 0. The highest BCUT2D eigenvalue weighted by Gasteiger charge is 2.20. The van der Waals surface area contributed by atoms with Crippen LogP contribution in [0.3, 0.4) is 0 Å². The maximum atomic E-state index is 2.40. The molecule has 0 atom stereocenters. The zero-order valence-electron chi connectivity index (χ0n) is 27.5. The van der Waals surface area contributed by atoms with Crippen LogP contribution in [0.15, 0.2) is 194 Å². The van der Waals surface area contributed by atoms with Gasteiger partial charge in [0.1, 0.15) is 0 Å². The maximum absolute atomic E-state index is 2.40. The minimum atomic E-state index is 1.21. The van der Waals surface area contributed by atoms with Gasteiger partial charge in [-0.3, -0.25) is 0 Å². The van der Waals surface area contributed by atoms with Crippen molar-refractivity contribution in [2.45, 2.75) is 0 Å². The van der Waals surface area contributed by atoms with Crippen LogP contribution in [-0.4, -0.2) is 0 Å². The Morgan fingerprint density at radius 1 is 0.200 bits per heavy atom. The SMILES string of the molecule is c1ccc(-c2c(-c3cccc(-c4c5ccccc5c(-c5cc6ccccc6c6ccccc56)c5ccccc45)c3)ccc3ccccc23)cc1. The molecule has 0 aromatic heterocycles. The van der Waals surface area contributed by atoms with Crippen molar-refractivity contribution in [3.63, 3.8) is 0 Å². The molecule has 50 heavy (non-hydrogen) atoms. The summed E-state index contributed by atoms with van der Waals surface area (Å²) in [6.45, 7) is 0. The van der Waals surface area contributed by atoms with E-state index in [1.165, 1.54) is 98.4 Å². The molecule has 0 spiro atoms. The molecule has 10 aromatic rings. The number of benzene rings is 10. The van der Waals surface area contributed by atoms with E-state index < -0.39 is 0 Å². The van der Waals surface area contributed by atoms with Crippen LogP contribution in [0.5, 0.6) is 0 Å². The first kappa shape index (κ1) is 28.5. The lowest BCUT2D eigenvalue weighted by Crippen LogP contribution is -1.93. The Labute approximate surface area is 291 Å². The first-order valence-electron chi connectivity index (χ1n) is 17.4. The predicted molar refractivity (Wildman–Crippen MR) is 216 cm³/mol. The summed E-state index contributed by atoms with van der Waals surface area (Å²) in [7, 11) is 0. The van der Waals surface area contributed by atoms with E-state index in [-0.39, 0.29) is 0 Å². The second kappa shape index (κ2) is 11.6. The lowest BCUT2D eigenvalue weighted by molar-refractivity contribution is 1.60. The van der Waals surface area contributed by atoms with Crippen LogP contribution < -0.4 is 0 Å². The van der Waals surface area contributed by atoms with Gasteiger partial charge in [-0.25, -0.2) is 0 Å². The highest BCUT2D eigenvalue weighted by Crippen LogP contribution is 2.47. The van der Waals surface area contributed by atoms with E-state index in [1.807, 2.05) is 0 Å². The molecular formula is C50H32. The van der Waals surface area contributed by atoms with Crippen molar-refractivity contribution in [1.29, 1.82) is 0 Å². The molecule has 10 aromatic carbocycles. The largest absolute Gasteiger partial charge is 0.0622 e. The first-order chi connectivity index (χ1) is 24.8. The molecule has 0 heteroatoms. The van der Waals surface area contributed by atoms with E-state index in [4.69, 9.17) is 0 Å². The van der Waals surface area contributed by atoms with Crippen LogP contribution in [0, 0.1) is 0 Å². The van der Waals surface area contributed by atoms with Crippen molar-refractivity contribution in [1.82, 2.24) is 0 Å². The Hall–Kier alpha value is -6.50. The highest BCUT2D eigenvalue weighted by molar-refractivity contribution is 6.25. The lowest BCUT2D eigenvalue weighted by atomic mass is 9.83. The molecule has 232 valence electrons. The third kappa shape index (κ3) is 4.46. The molecule has 0 aliphatic heterocycles. The molecule has 0 aliphatic carbocycles. The number of hydrogen-bond donors (Lipinski definition) is 0. The molecule has 0 saturated heterocycles. The third-order valence-corrected chi connectivity index (χ3v) is 10.4. The van der Waals surface area contributed by atoms with Crippen LogP contribution in [0.25, 0.3) is 98.4 Å². The summed E-state index contributed by atoms with van der Waals surface area (Å²) in [6, 6.07) is 71.3. The second-order valence-corrected chi connectivity index (χ2v) is 13.2. The fraction of sp³-hybridized carbons (Fsp3) is 0. The van der Waals surface area contributed by atoms with E-state index >= 15 is 0 Å². The molecular weight excluding hydrogens is 601 g/mol. The molecule has 0 aliphatic rings. The fourth-order valence-electron chi connectivity index (χ4n) is 8.26. The van der Waals surface area contributed by atoms with Crippen LogP contribution in [0.2, 0.25) is 0 Å². The fourth-order valence-corrected chi connectivity index (χ4v) is 8.26. The average molecular weight is 633 g/mol. The monoisotopic (exact) mass is 632 g/mol. The van der Waals surface area contributed by atoms with Crippen LogP contribution in [0.1, 0.15) is 0 Å². The third-order valence-electron chi connectivity index (χ3n) is 10.4. The number of fused-ring (bicyclic) bond motifs is 6. The van der Waals surface area contributed by atoms with Gasteiger partial charge in [0, 0.05) is 0 Å². The molecule has 0 amide bonds. The van der Waals surface area contributed by atoms with Crippen LogP contribution >= 0.6 is 0 Å². The van der Waals surface area contributed by atoms with Gasteiger partial charge in [-0.2, -0.15) is 0 Å². The minimum Gasteiger partial charge on any atom is -0.0622 e. The Morgan fingerprint density at radius 3 is 1.40 bits per heavy atom. The van der Waals surface area contributed by atoms with Gasteiger partial charge in [-0.1, -0.05) is 182 Å². The summed E-state index contributed by atoms with van der Waals surface area (Å²) in [6.07, 6.45) is 0. The summed E-state index contributed by atoms with van der Waals surface area (Å²) < 4.78 is 0. The zero-order chi connectivity index (χ0) is 33.0. The molecule has 10 rings (SSSR count). The Bertz CT molecular complexity index is 2860. The van der Waals surface area contributed by atoms with Crippen molar-refractivity contribution in [2.24, 2.45) is 0 Å². The summed E-state index contributed by atoms with van der Waals surface area (Å²) in [5.74, 6) is 0. The second-order valence-electron chi connectivity index (χ2n) is 13.2. The van der Waals surface area contributed by atoms with E-state index in [2.05, 4.69) is 194 Å². The van der Waals surface area contributed by atoms with Gasteiger partial charge in [0.25, 0.3) is 0 Å². The average Bonchev–Trinajstić information content (AvgIpc) is 3.19. The van der Waals surface area contributed by atoms with Gasteiger partial charge in [-0.15, -0.1) is 0 Å². The van der Waals surface area contributed by atoms with Crippen molar-refractivity contribution < 1.29 is 0 Å². The molecule has 0 unspecified atom stereocenters. The molecule has 0 bridgehead atoms. The van der Waals surface area contributed by atoms with Crippen molar-refractivity contribution >= 4 is 53.9 Å². The summed E-state index contributed by atoms with van der Waals surface area (Å²) in [4.78, 5) is 0. The highest BCUT2D eigenvalue weighted by atomic mass is 14.2.